The topological polar surface area (TPSA) is 17.1 Å². The summed E-state index contributed by atoms with van der Waals surface area (Å²) in [6.07, 6.45) is 12.5. The highest BCUT2D eigenvalue weighted by Gasteiger charge is 2.56. The maximum Gasteiger partial charge on any atom is 0.139 e. The molecule has 0 radical (unpaired) electrons. The first-order valence-electron chi connectivity index (χ1n) is 9.19. The molecule has 0 N–H and O–H groups in total. The monoisotopic (exact) mass is 286 g/mol. The highest BCUT2D eigenvalue weighted by Crippen LogP contribution is 2.63. The van der Waals surface area contributed by atoms with Crippen LogP contribution in [-0.4, -0.2) is 5.78 Å². The summed E-state index contributed by atoms with van der Waals surface area (Å²) in [6, 6.07) is 0. The number of carbonyl (C=O) groups is 1. The molecule has 0 amide bonds. The number of hydrogen-bond acceptors (Lipinski definition) is 1. The van der Waals surface area contributed by atoms with Gasteiger partial charge >= 0.3 is 0 Å². The Hall–Kier alpha value is -0.590. The molecule has 4 aliphatic carbocycles. The van der Waals surface area contributed by atoms with Gasteiger partial charge in [0.1, 0.15) is 5.78 Å². The van der Waals surface area contributed by atoms with Crippen LogP contribution in [0, 0.1) is 34.5 Å². The molecule has 0 saturated heterocycles. The molecular formula is C20H30O. The lowest BCUT2D eigenvalue weighted by Crippen LogP contribution is -2.47. The normalized spacial score (nSPS) is 52.7. The number of allylic oxidation sites excluding steroid dienone is 2. The largest absolute Gasteiger partial charge is 0.299 e. The minimum Gasteiger partial charge on any atom is -0.299 e. The van der Waals surface area contributed by atoms with Crippen LogP contribution >= 0.6 is 0 Å². The maximum absolute atomic E-state index is 12.4. The number of rotatable bonds is 0. The van der Waals surface area contributed by atoms with Crippen molar-refractivity contribution in [3.8, 4) is 0 Å². The third-order valence-electron chi connectivity index (χ3n) is 8.00. The van der Waals surface area contributed by atoms with Gasteiger partial charge in [-0.3, -0.25) is 4.79 Å². The number of fused-ring (bicyclic) bond motifs is 5. The van der Waals surface area contributed by atoms with E-state index in [4.69, 9.17) is 0 Å². The van der Waals surface area contributed by atoms with E-state index in [1.54, 1.807) is 5.57 Å². The summed E-state index contributed by atoms with van der Waals surface area (Å²) in [4.78, 5) is 12.4. The Labute approximate surface area is 129 Å². The second kappa shape index (κ2) is 4.46. The fraction of sp³-hybridized carbons (Fsp3) is 0.850. The van der Waals surface area contributed by atoms with Crippen molar-refractivity contribution in [2.75, 3.05) is 0 Å². The van der Waals surface area contributed by atoms with Crippen molar-refractivity contribution < 1.29 is 4.79 Å². The van der Waals surface area contributed by atoms with Crippen LogP contribution in [0.5, 0.6) is 0 Å². The van der Waals surface area contributed by atoms with Crippen LogP contribution in [-0.2, 0) is 4.79 Å². The van der Waals surface area contributed by atoms with Gasteiger partial charge in [-0.2, -0.15) is 0 Å². The zero-order chi connectivity index (χ0) is 14.8. The van der Waals surface area contributed by atoms with Gasteiger partial charge in [0.2, 0.25) is 0 Å². The highest BCUT2D eigenvalue weighted by molar-refractivity contribution is 5.87. The van der Waals surface area contributed by atoms with Gasteiger partial charge in [-0.05, 0) is 74.0 Å². The number of carbonyl (C=O) groups excluding carboxylic acids is 1. The van der Waals surface area contributed by atoms with E-state index < -0.39 is 0 Å². The molecule has 4 aliphatic rings. The Balaban J connectivity index is 1.71. The minimum atomic E-state index is -0.0146. The van der Waals surface area contributed by atoms with Crippen LogP contribution in [0.3, 0.4) is 0 Å². The SMILES string of the molecule is CC1CCC2(C)C3=CCC4(C)C(=O)CCC4C3CCC2C1. The summed E-state index contributed by atoms with van der Waals surface area (Å²) < 4.78 is 0. The Morgan fingerprint density at radius 1 is 1.10 bits per heavy atom. The molecule has 1 heteroatoms. The van der Waals surface area contributed by atoms with Crippen LogP contribution in [0.1, 0.15) is 72.1 Å². The molecule has 0 heterocycles. The van der Waals surface area contributed by atoms with Crippen molar-refractivity contribution in [2.24, 2.45) is 34.5 Å². The molecule has 4 rings (SSSR count). The number of Topliss-reactive ketones (excluding diaryl/α,β-unsaturated/α-hetero) is 1. The van der Waals surface area contributed by atoms with Crippen LogP contribution in [0.15, 0.2) is 11.6 Å². The Morgan fingerprint density at radius 3 is 2.71 bits per heavy atom. The Bertz CT molecular complexity index is 504. The second-order valence-corrected chi connectivity index (χ2v) is 9.03. The van der Waals surface area contributed by atoms with Crippen molar-refractivity contribution in [3.63, 3.8) is 0 Å². The average molecular weight is 286 g/mol. The van der Waals surface area contributed by atoms with E-state index in [9.17, 15) is 4.79 Å². The van der Waals surface area contributed by atoms with Gasteiger partial charge in [-0.1, -0.05) is 32.4 Å². The molecule has 0 aromatic carbocycles. The summed E-state index contributed by atoms with van der Waals surface area (Å²) in [5.41, 5.74) is 2.23. The second-order valence-electron chi connectivity index (χ2n) is 9.03. The zero-order valence-corrected chi connectivity index (χ0v) is 14.0. The molecule has 0 aliphatic heterocycles. The van der Waals surface area contributed by atoms with Crippen molar-refractivity contribution >= 4 is 5.78 Å². The van der Waals surface area contributed by atoms with Gasteiger partial charge in [0.05, 0.1) is 0 Å². The lowest BCUT2D eigenvalue weighted by molar-refractivity contribution is -0.127. The van der Waals surface area contributed by atoms with Crippen LogP contribution in [0.25, 0.3) is 0 Å². The van der Waals surface area contributed by atoms with Crippen molar-refractivity contribution in [1.29, 1.82) is 0 Å². The first kappa shape index (κ1) is 14.0. The summed E-state index contributed by atoms with van der Waals surface area (Å²) >= 11 is 0. The van der Waals surface area contributed by atoms with E-state index in [1.807, 2.05) is 0 Å². The molecule has 1 nitrogen and oxygen atoms in total. The molecule has 6 atom stereocenters. The highest BCUT2D eigenvalue weighted by atomic mass is 16.1. The van der Waals surface area contributed by atoms with E-state index in [2.05, 4.69) is 26.8 Å². The number of ketones is 1. The van der Waals surface area contributed by atoms with Crippen molar-refractivity contribution in [2.45, 2.75) is 72.1 Å². The summed E-state index contributed by atoms with van der Waals surface area (Å²) in [5.74, 6) is 3.76. The van der Waals surface area contributed by atoms with Crippen molar-refractivity contribution in [3.05, 3.63) is 11.6 Å². The van der Waals surface area contributed by atoms with Gasteiger partial charge in [0.25, 0.3) is 0 Å². The van der Waals surface area contributed by atoms with E-state index in [1.165, 1.54) is 32.1 Å². The third-order valence-corrected chi connectivity index (χ3v) is 8.00. The van der Waals surface area contributed by atoms with Crippen LogP contribution < -0.4 is 0 Å². The van der Waals surface area contributed by atoms with Gasteiger partial charge in [-0.25, -0.2) is 0 Å². The summed E-state index contributed by atoms with van der Waals surface area (Å²) in [6.45, 7) is 7.26. The van der Waals surface area contributed by atoms with Crippen LogP contribution in [0.4, 0.5) is 0 Å². The average Bonchev–Trinajstić information content (AvgIpc) is 2.76. The third kappa shape index (κ3) is 1.79. The smallest absolute Gasteiger partial charge is 0.139 e. The van der Waals surface area contributed by atoms with E-state index in [0.717, 1.165) is 37.0 Å². The quantitative estimate of drug-likeness (QED) is 0.562. The first-order chi connectivity index (χ1) is 9.95. The molecule has 0 spiro atoms. The lowest BCUT2D eigenvalue weighted by atomic mass is 9.49. The first-order valence-corrected chi connectivity index (χ1v) is 9.19. The minimum absolute atomic E-state index is 0.0146. The van der Waals surface area contributed by atoms with E-state index in [-0.39, 0.29) is 5.41 Å². The van der Waals surface area contributed by atoms with Crippen molar-refractivity contribution in [1.82, 2.24) is 0 Å². The molecule has 0 bridgehead atoms. The van der Waals surface area contributed by atoms with Gasteiger partial charge in [0, 0.05) is 11.8 Å². The number of hydrogen-bond donors (Lipinski definition) is 0. The summed E-state index contributed by atoms with van der Waals surface area (Å²) in [5, 5.41) is 0. The fourth-order valence-electron chi connectivity index (χ4n) is 6.52. The molecule has 116 valence electrons. The molecule has 3 fully saturated rings. The molecule has 0 aromatic heterocycles. The maximum atomic E-state index is 12.4. The summed E-state index contributed by atoms with van der Waals surface area (Å²) in [7, 11) is 0. The van der Waals surface area contributed by atoms with Gasteiger partial charge in [-0.15, -0.1) is 0 Å². The Kier molecular flexibility index (Phi) is 2.98. The molecular weight excluding hydrogens is 256 g/mol. The lowest BCUT2D eigenvalue weighted by Gasteiger charge is -2.56. The van der Waals surface area contributed by atoms with E-state index >= 15 is 0 Å². The molecule has 6 unspecified atom stereocenters. The fourth-order valence-corrected chi connectivity index (χ4v) is 6.52. The zero-order valence-electron chi connectivity index (χ0n) is 14.0. The predicted octanol–water partition coefficient (Wildman–Crippen LogP) is 5.15. The predicted molar refractivity (Wildman–Crippen MR) is 85.9 cm³/mol. The van der Waals surface area contributed by atoms with Gasteiger partial charge in [0.15, 0.2) is 0 Å². The Morgan fingerprint density at radius 2 is 1.90 bits per heavy atom. The van der Waals surface area contributed by atoms with Gasteiger partial charge < -0.3 is 0 Å². The van der Waals surface area contributed by atoms with E-state index in [0.29, 0.717) is 17.1 Å². The van der Waals surface area contributed by atoms with Crippen LogP contribution in [0.2, 0.25) is 0 Å². The molecule has 0 aromatic rings. The molecule has 3 saturated carbocycles. The standard InChI is InChI=1S/C20H30O/c1-13-8-10-19(2)14(12-13)4-5-15-16-6-7-18(21)20(16,3)11-9-17(15)19/h9,13-16H,4-8,10-12H2,1-3H3. The molecule has 21 heavy (non-hydrogen) atoms.